The number of alkyl halides is 1. The Balaban J connectivity index is 2.58. The van der Waals surface area contributed by atoms with E-state index in [0.29, 0.717) is 12.2 Å². The highest BCUT2D eigenvalue weighted by molar-refractivity contribution is 6.19. The minimum absolute atomic E-state index is 0.245. The summed E-state index contributed by atoms with van der Waals surface area (Å²) in [5.41, 5.74) is 0.708. The first-order valence-corrected chi connectivity index (χ1v) is 6.29. The van der Waals surface area contributed by atoms with Gasteiger partial charge in [-0.1, -0.05) is 11.8 Å². The van der Waals surface area contributed by atoms with E-state index in [1.165, 1.54) is 6.07 Å². The summed E-state index contributed by atoms with van der Waals surface area (Å²) in [5, 5.41) is 0. The van der Waals surface area contributed by atoms with Gasteiger partial charge in [0.25, 0.3) is 0 Å². The highest BCUT2D eigenvalue weighted by atomic mass is 35.5. The van der Waals surface area contributed by atoms with Crippen LogP contribution in [0, 0.1) is 17.7 Å². The Labute approximate surface area is 113 Å². The lowest BCUT2D eigenvalue weighted by molar-refractivity contribution is 0.271. The van der Waals surface area contributed by atoms with E-state index >= 15 is 0 Å². The zero-order chi connectivity index (χ0) is 13.4. The number of benzene rings is 1. The predicted octanol–water partition coefficient (Wildman–Crippen LogP) is 2.75. The Hall–Kier alpha value is -1.24. The van der Waals surface area contributed by atoms with Crippen molar-refractivity contribution in [3.8, 4) is 17.6 Å². The maximum atomic E-state index is 13.5. The predicted molar refractivity (Wildman–Crippen MR) is 72.7 cm³/mol. The van der Waals surface area contributed by atoms with Gasteiger partial charge in [0, 0.05) is 12.1 Å². The molecule has 0 aliphatic carbocycles. The third-order valence-electron chi connectivity index (χ3n) is 2.24. The molecule has 18 heavy (non-hydrogen) atoms. The first kappa shape index (κ1) is 14.8. The molecule has 0 atom stereocenters. The second kappa shape index (κ2) is 7.97. The van der Waals surface area contributed by atoms with Crippen LogP contribution in [0.25, 0.3) is 0 Å². The van der Waals surface area contributed by atoms with E-state index in [1.807, 2.05) is 14.1 Å². The molecule has 0 fully saturated rings. The molecule has 1 aromatic rings. The van der Waals surface area contributed by atoms with E-state index < -0.39 is 0 Å². The van der Waals surface area contributed by atoms with Gasteiger partial charge >= 0.3 is 0 Å². The Morgan fingerprint density at radius 2 is 2.17 bits per heavy atom. The van der Waals surface area contributed by atoms with Crippen LogP contribution in [0.2, 0.25) is 0 Å². The number of nitrogens with zero attached hydrogens (tertiary/aromatic N) is 1. The van der Waals surface area contributed by atoms with Crippen LogP contribution < -0.4 is 4.74 Å². The molecule has 0 unspecified atom stereocenters. The molecule has 0 spiro atoms. The molecule has 0 saturated heterocycles. The maximum absolute atomic E-state index is 13.5. The summed E-state index contributed by atoms with van der Waals surface area (Å²) in [6.45, 7) is 1.40. The number of halogens is 2. The van der Waals surface area contributed by atoms with Gasteiger partial charge in [-0.05, 0) is 38.7 Å². The molecule has 0 aromatic heterocycles. The van der Waals surface area contributed by atoms with E-state index in [1.54, 1.807) is 12.1 Å². The number of hydrogen-bond acceptors (Lipinski definition) is 2. The molecular formula is C14H17ClFNO. The Bertz CT molecular complexity index is 437. The first-order chi connectivity index (χ1) is 8.63. The van der Waals surface area contributed by atoms with Gasteiger partial charge in [-0.15, -0.1) is 11.6 Å². The summed E-state index contributed by atoms with van der Waals surface area (Å²) < 4.78 is 18.9. The summed E-state index contributed by atoms with van der Waals surface area (Å²) in [5.74, 6) is 5.70. The average molecular weight is 270 g/mol. The monoisotopic (exact) mass is 269 g/mol. The lowest BCUT2D eigenvalue weighted by Gasteiger charge is -2.11. The van der Waals surface area contributed by atoms with Gasteiger partial charge in [-0.2, -0.15) is 0 Å². The summed E-state index contributed by atoms with van der Waals surface area (Å²) in [7, 11) is 3.98. The third kappa shape index (κ3) is 5.39. The highest BCUT2D eigenvalue weighted by Gasteiger charge is 2.04. The van der Waals surface area contributed by atoms with E-state index in [4.69, 9.17) is 16.3 Å². The van der Waals surface area contributed by atoms with Crippen LogP contribution in [0.4, 0.5) is 4.39 Å². The fourth-order valence-electron chi connectivity index (χ4n) is 1.39. The SMILES string of the molecule is CN(C)CCCOc1cc(C#CCCl)ccc1F. The van der Waals surface area contributed by atoms with Gasteiger partial charge < -0.3 is 9.64 Å². The molecule has 1 aromatic carbocycles. The zero-order valence-corrected chi connectivity index (χ0v) is 11.4. The van der Waals surface area contributed by atoms with Crippen molar-refractivity contribution in [2.45, 2.75) is 6.42 Å². The molecule has 0 aliphatic heterocycles. The molecule has 98 valence electrons. The smallest absolute Gasteiger partial charge is 0.165 e. The lowest BCUT2D eigenvalue weighted by Crippen LogP contribution is -2.15. The van der Waals surface area contributed by atoms with Crippen LogP contribution in [0.5, 0.6) is 5.75 Å². The van der Waals surface area contributed by atoms with Crippen molar-refractivity contribution in [2.24, 2.45) is 0 Å². The molecule has 0 N–H and O–H groups in total. The van der Waals surface area contributed by atoms with Gasteiger partial charge in [-0.25, -0.2) is 4.39 Å². The topological polar surface area (TPSA) is 12.5 Å². The Morgan fingerprint density at radius 3 is 2.83 bits per heavy atom. The van der Waals surface area contributed by atoms with Gasteiger partial charge in [0.05, 0.1) is 12.5 Å². The minimum atomic E-state index is -0.365. The van der Waals surface area contributed by atoms with Crippen molar-refractivity contribution in [2.75, 3.05) is 33.1 Å². The maximum Gasteiger partial charge on any atom is 0.165 e. The number of hydrogen-bond donors (Lipinski definition) is 0. The third-order valence-corrected chi connectivity index (χ3v) is 2.37. The summed E-state index contributed by atoms with van der Waals surface area (Å²) >= 11 is 5.47. The molecule has 2 nitrogen and oxygen atoms in total. The van der Waals surface area contributed by atoms with Crippen LogP contribution in [-0.4, -0.2) is 38.0 Å². The van der Waals surface area contributed by atoms with Crippen LogP contribution in [0.1, 0.15) is 12.0 Å². The fourth-order valence-corrected chi connectivity index (χ4v) is 1.46. The van der Waals surface area contributed by atoms with Crippen LogP contribution in [0.15, 0.2) is 18.2 Å². The van der Waals surface area contributed by atoms with Crippen molar-refractivity contribution in [1.82, 2.24) is 4.90 Å². The number of rotatable bonds is 5. The fraction of sp³-hybridized carbons (Fsp3) is 0.429. The summed E-state index contributed by atoms with van der Waals surface area (Å²) in [6, 6.07) is 4.58. The standard InChI is InChI=1S/C14H17ClFNO/c1-17(2)9-4-10-18-14-11-12(5-3-8-15)6-7-13(14)16/h6-7,11H,4,8-10H2,1-2H3. The molecule has 0 bridgehead atoms. The lowest BCUT2D eigenvalue weighted by atomic mass is 10.2. The van der Waals surface area contributed by atoms with E-state index in [9.17, 15) is 4.39 Å². The molecule has 0 radical (unpaired) electrons. The van der Waals surface area contributed by atoms with Crippen molar-refractivity contribution >= 4 is 11.6 Å². The number of ether oxygens (including phenoxy) is 1. The van der Waals surface area contributed by atoms with Gasteiger partial charge in [0.1, 0.15) is 0 Å². The second-order valence-electron chi connectivity index (χ2n) is 4.09. The van der Waals surface area contributed by atoms with Crippen molar-refractivity contribution in [1.29, 1.82) is 0 Å². The van der Waals surface area contributed by atoms with Crippen LogP contribution >= 0.6 is 11.6 Å². The highest BCUT2D eigenvalue weighted by Crippen LogP contribution is 2.18. The Kier molecular flexibility index (Phi) is 6.56. The average Bonchev–Trinajstić information content (AvgIpc) is 2.34. The van der Waals surface area contributed by atoms with Crippen molar-refractivity contribution in [3.05, 3.63) is 29.6 Å². The quantitative estimate of drug-likeness (QED) is 0.463. The molecule has 4 heteroatoms. The molecule has 0 heterocycles. The Morgan fingerprint density at radius 1 is 1.39 bits per heavy atom. The molecule has 0 aliphatic rings. The van der Waals surface area contributed by atoms with Crippen molar-refractivity contribution < 1.29 is 9.13 Å². The largest absolute Gasteiger partial charge is 0.490 e. The van der Waals surface area contributed by atoms with Gasteiger partial charge in [0.15, 0.2) is 11.6 Å². The summed E-state index contributed by atoms with van der Waals surface area (Å²) in [6.07, 6.45) is 0.851. The van der Waals surface area contributed by atoms with Crippen LogP contribution in [-0.2, 0) is 0 Å². The molecule has 1 rings (SSSR count). The summed E-state index contributed by atoms with van der Waals surface area (Å²) in [4.78, 5) is 2.06. The minimum Gasteiger partial charge on any atom is -0.490 e. The van der Waals surface area contributed by atoms with Crippen molar-refractivity contribution in [3.63, 3.8) is 0 Å². The van der Waals surface area contributed by atoms with E-state index in [0.717, 1.165) is 13.0 Å². The van der Waals surface area contributed by atoms with E-state index in [-0.39, 0.29) is 17.4 Å². The molecule has 0 amide bonds. The van der Waals surface area contributed by atoms with Gasteiger partial charge in [0.2, 0.25) is 0 Å². The van der Waals surface area contributed by atoms with Gasteiger partial charge in [-0.3, -0.25) is 0 Å². The first-order valence-electron chi connectivity index (χ1n) is 5.75. The zero-order valence-electron chi connectivity index (χ0n) is 10.7. The molecule has 0 saturated carbocycles. The second-order valence-corrected chi connectivity index (χ2v) is 4.35. The molecular weight excluding hydrogens is 253 g/mol. The normalized spacial score (nSPS) is 10.1. The van der Waals surface area contributed by atoms with E-state index in [2.05, 4.69) is 16.7 Å². The van der Waals surface area contributed by atoms with Crippen LogP contribution in [0.3, 0.4) is 0 Å².